The molecule has 1 aromatic heterocycles. The van der Waals surface area contributed by atoms with Crippen molar-refractivity contribution in [1.82, 2.24) is 9.59 Å². The first-order valence-corrected chi connectivity index (χ1v) is 5.35. The molecule has 0 N–H and O–H groups in total. The lowest BCUT2D eigenvalue weighted by Gasteiger charge is -2.19. The molecule has 13 heavy (non-hydrogen) atoms. The van der Waals surface area contributed by atoms with Gasteiger partial charge in [0.15, 0.2) is 0 Å². The Bertz CT molecular complexity index is 278. The molecule has 1 fully saturated rings. The molecule has 4 heteroatoms. The highest BCUT2D eigenvalue weighted by Gasteiger charge is 2.34. The van der Waals surface area contributed by atoms with E-state index in [-0.39, 0.29) is 5.41 Å². The molecule has 0 unspecified atom stereocenters. The van der Waals surface area contributed by atoms with Crippen molar-refractivity contribution in [1.29, 1.82) is 0 Å². The topological polar surface area (TPSA) is 42.9 Å². The van der Waals surface area contributed by atoms with E-state index in [9.17, 15) is 4.79 Å². The van der Waals surface area contributed by atoms with Crippen LogP contribution in [0.2, 0.25) is 0 Å². The van der Waals surface area contributed by atoms with Gasteiger partial charge in [0.2, 0.25) is 0 Å². The van der Waals surface area contributed by atoms with Gasteiger partial charge in [0.1, 0.15) is 6.29 Å². The fourth-order valence-corrected chi connectivity index (χ4v) is 2.67. The largest absolute Gasteiger partial charge is 0.303 e. The van der Waals surface area contributed by atoms with Gasteiger partial charge in [-0.1, -0.05) is 17.3 Å². The summed E-state index contributed by atoms with van der Waals surface area (Å²) in [5.41, 5.74) is -0.0891. The van der Waals surface area contributed by atoms with Crippen molar-refractivity contribution >= 4 is 17.8 Å². The van der Waals surface area contributed by atoms with Crippen molar-refractivity contribution in [2.75, 3.05) is 0 Å². The van der Waals surface area contributed by atoms with Crippen LogP contribution in [-0.2, 0) is 11.2 Å². The van der Waals surface area contributed by atoms with Crippen molar-refractivity contribution in [3.63, 3.8) is 0 Å². The number of carbonyl (C=O) groups is 1. The first kappa shape index (κ1) is 8.81. The quantitative estimate of drug-likeness (QED) is 0.693. The number of nitrogens with zero attached hydrogens (tertiary/aromatic N) is 2. The minimum absolute atomic E-state index is 0.0891. The normalized spacial score (nSPS) is 20.3. The van der Waals surface area contributed by atoms with Crippen molar-refractivity contribution in [2.45, 2.75) is 32.1 Å². The van der Waals surface area contributed by atoms with Gasteiger partial charge in [0.25, 0.3) is 0 Å². The van der Waals surface area contributed by atoms with Crippen molar-refractivity contribution in [3.8, 4) is 0 Å². The van der Waals surface area contributed by atoms with Gasteiger partial charge < -0.3 is 4.79 Å². The summed E-state index contributed by atoms with van der Waals surface area (Å²) in [6.45, 7) is 0. The Morgan fingerprint density at radius 1 is 1.54 bits per heavy atom. The first-order valence-electron chi connectivity index (χ1n) is 4.57. The van der Waals surface area contributed by atoms with Gasteiger partial charge in [0, 0.05) is 10.3 Å². The minimum atomic E-state index is -0.0891. The molecule has 0 aromatic carbocycles. The number of rotatable bonds is 3. The van der Waals surface area contributed by atoms with Crippen LogP contribution in [0.25, 0.3) is 0 Å². The third-order valence-electron chi connectivity index (χ3n) is 2.78. The molecule has 1 aliphatic rings. The highest BCUT2D eigenvalue weighted by molar-refractivity contribution is 7.05. The van der Waals surface area contributed by atoms with E-state index in [1.807, 2.05) is 0 Å². The van der Waals surface area contributed by atoms with Gasteiger partial charge in [-0.15, -0.1) is 5.10 Å². The Balaban J connectivity index is 2.10. The van der Waals surface area contributed by atoms with Gasteiger partial charge in [-0.05, 0) is 30.8 Å². The molecule has 1 aliphatic carbocycles. The molecule has 2 rings (SSSR count). The van der Waals surface area contributed by atoms with Crippen LogP contribution in [0.15, 0.2) is 6.20 Å². The molecular formula is C9H12N2OS. The van der Waals surface area contributed by atoms with E-state index >= 15 is 0 Å². The number of carbonyl (C=O) groups excluding carboxylic acids is 1. The van der Waals surface area contributed by atoms with E-state index < -0.39 is 0 Å². The predicted molar refractivity (Wildman–Crippen MR) is 50.6 cm³/mol. The summed E-state index contributed by atoms with van der Waals surface area (Å²) >= 11 is 1.40. The zero-order chi connectivity index (χ0) is 9.15. The Morgan fingerprint density at radius 2 is 2.31 bits per heavy atom. The third-order valence-corrected chi connectivity index (χ3v) is 3.44. The van der Waals surface area contributed by atoms with E-state index in [2.05, 4.69) is 9.59 Å². The van der Waals surface area contributed by atoms with Crippen LogP contribution in [0, 0.1) is 5.41 Å². The lowest BCUT2D eigenvalue weighted by Crippen LogP contribution is -2.20. The lowest BCUT2D eigenvalue weighted by molar-refractivity contribution is -0.115. The molecule has 3 nitrogen and oxygen atoms in total. The maximum atomic E-state index is 11.0. The molecule has 0 saturated heterocycles. The second-order valence-electron chi connectivity index (χ2n) is 3.75. The van der Waals surface area contributed by atoms with E-state index in [4.69, 9.17) is 0 Å². The summed E-state index contributed by atoms with van der Waals surface area (Å²) in [5.74, 6) is 0. The molecular weight excluding hydrogens is 184 g/mol. The standard InChI is InChI=1S/C9H12N2OS/c12-7-9(3-1-2-4-9)5-8-6-10-11-13-8/h6-7H,1-5H2. The fraction of sp³-hybridized carbons (Fsp3) is 0.667. The first-order chi connectivity index (χ1) is 6.35. The lowest BCUT2D eigenvalue weighted by atomic mass is 9.84. The van der Waals surface area contributed by atoms with E-state index in [1.165, 1.54) is 24.4 Å². The summed E-state index contributed by atoms with van der Waals surface area (Å²) in [6.07, 6.45) is 8.20. The molecule has 0 bridgehead atoms. The molecule has 0 aliphatic heterocycles. The number of hydrogen-bond donors (Lipinski definition) is 0. The molecule has 1 aromatic rings. The number of aldehydes is 1. The van der Waals surface area contributed by atoms with Gasteiger partial charge in [-0.3, -0.25) is 0 Å². The van der Waals surface area contributed by atoms with Gasteiger partial charge >= 0.3 is 0 Å². The second-order valence-corrected chi connectivity index (χ2v) is 4.62. The predicted octanol–water partition coefficient (Wildman–Crippen LogP) is 1.84. The Hall–Kier alpha value is -0.770. The van der Waals surface area contributed by atoms with Crippen LogP contribution >= 0.6 is 11.5 Å². The van der Waals surface area contributed by atoms with Crippen LogP contribution < -0.4 is 0 Å². The molecule has 0 amide bonds. The van der Waals surface area contributed by atoms with Crippen molar-refractivity contribution in [3.05, 3.63) is 11.1 Å². The molecule has 0 spiro atoms. The molecule has 70 valence electrons. The maximum Gasteiger partial charge on any atom is 0.126 e. The number of aromatic nitrogens is 2. The summed E-state index contributed by atoms with van der Waals surface area (Å²) in [7, 11) is 0. The van der Waals surface area contributed by atoms with Gasteiger partial charge in [-0.2, -0.15) is 0 Å². The fourth-order valence-electron chi connectivity index (χ4n) is 2.03. The van der Waals surface area contributed by atoms with Gasteiger partial charge in [-0.25, -0.2) is 0 Å². The zero-order valence-electron chi connectivity index (χ0n) is 7.40. The van der Waals surface area contributed by atoms with Crippen molar-refractivity contribution in [2.24, 2.45) is 5.41 Å². The summed E-state index contributed by atoms with van der Waals surface area (Å²) < 4.78 is 3.81. The molecule has 1 saturated carbocycles. The van der Waals surface area contributed by atoms with Crippen LogP contribution in [0.1, 0.15) is 30.6 Å². The monoisotopic (exact) mass is 196 g/mol. The van der Waals surface area contributed by atoms with E-state index in [1.54, 1.807) is 6.20 Å². The SMILES string of the molecule is O=CC1(Cc2cnns2)CCCC1. The van der Waals surface area contributed by atoms with Crippen LogP contribution in [0.4, 0.5) is 0 Å². The maximum absolute atomic E-state index is 11.0. The Labute approximate surface area is 81.3 Å². The van der Waals surface area contributed by atoms with Crippen LogP contribution in [0.3, 0.4) is 0 Å². The van der Waals surface area contributed by atoms with Crippen LogP contribution in [0.5, 0.6) is 0 Å². The average molecular weight is 196 g/mol. The average Bonchev–Trinajstić information content (AvgIpc) is 2.77. The minimum Gasteiger partial charge on any atom is -0.303 e. The highest BCUT2D eigenvalue weighted by Crippen LogP contribution is 2.39. The zero-order valence-corrected chi connectivity index (χ0v) is 8.22. The smallest absolute Gasteiger partial charge is 0.126 e. The van der Waals surface area contributed by atoms with Crippen molar-refractivity contribution < 1.29 is 4.79 Å². The number of hydrogen-bond acceptors (Lipinski definition) is 4. The second kappa shape index (κ2) is 3.54. The van der Waals surface area contributed by atoms with E-state index in [0.29, 0.717) is 0 Å². The Morgan fingerprint density at radius 3 is 2.85 bits per heavy atom. The molecule has 0 atom stereocenters. The summed E-state index contributed by atoms with van der Waals surface area (Å²) in [4.78, 5) is 12.2. The van der Waals surface area contributed by atoms with E-state index in [0.717, 1.165) is 30.4 Å². The highest BCUT2D eigenvalue weighted by atomic mass is 32.1. The summed E-state index contributed by atoms with van der Waals surface area (Å²) in [5, 5.41) is 3.78. The summed E-state index contributed by atoms with van der Waals surface area (Å²) in [6, 6.07) is 0. The third kappa shape index (κ3) is 1.77. The van der Waals surface area contributed by atoms with Gasteiger partial charge in [0.05, 0.1) is 6.20 Å². The Kier molecular flexibility index (Phi) is 2.40. The van der Waals surface area contributed by atoms with Crippen LogP contribution in [-0.4, -0.2) is 15.9 Å². The molecule has 0 radical (unpaired) electrons. The molecule has 1 heterocycles.